The van der Waals surface area contributed by atoms with Crippen molar-refractivity contribution in [3.05, 3.63) is 40.4 Å². The van der Waals surface area contributed by atoms with Crippen LogP contribution in [0.5, 0.6) is 5.75 Å². The Bertz CT molecular complexity index is 1040. The van der Waals surface area contributed by atoms with Gasteiger partial charge < -0.3 is 10.1 Å². The number of benzene rings is 1. The van der Waals surface area contributed by atoms with E-state index in [1.165, 1.54) is 4.68 Å². The second-order valence-corrected chi connectivity index (χ2v) is 7.81. The van der Waals surface area contributed by atoms with Crippen LogP contribution in [0.25, 0.3) is 16.4 Å². The molecule has 1 N–H and O–H groups in total. The summed E-state index contributed by atoms with van der Waals surface area (Å²) in [7, 11) is 1.60. The second-order valence-electron chi connectivity index (χ2n) is 6.58. The molecule has 0 bridgehead atoms. The van der Waals surface area contributed by atoms with E-state index in [-0.39, 0.29) is 18.0 Å². The van der Waals surface area contributed by atoms with Crippen molar-refractivity contribution in [2.75, 3.05) is 25.2 Å². The topological polar surface area (TPSA) is 77.6 Å². The fourth-order valence-corrected chi connectivity index (χ4v) is 4.07. The molecule has 7 nitrogen and oxygen atoms in total. The van der Waals surface area contributed by atoms with Crippen molar-refractivity contribution < 1.29 is 9.53 Å². The summed E-state index contributed by atoms with van der Waals surface area (Å²) in [6.07, 6.45) is 2.08. The fraction of sp³-hybridized carbons (Fsp3) is 0.450. The van der Waals surface area contributed by atoms with Crippen LogP contribution in [0.4, 0.5) is 0 Å². The number of hydrogen-bond acceptors (Lipinski definition) is 5. The van der Waals surface area contributed by atoms with E-state index in [1.807, 2.05) is 36.9 Å². The van der Waals surface area contributed by atoms with Crippen LogP contribution >= 0.6 is 11.8 Å². The molecule has 1 amide bonds. The van der Waals surface area contributed by atoms with Gasteiger partial charge in [0.25, 0.3) is 5.56 Å². The first-order chi connectivity index (χ1) is 13.6. The Labute approximate surface area is 168 Å². The van der Waals surface area contributed by atoms with Gasteiger partial charge in [-0.2, -0.15) is 16.9 Å². The van der Waals surface area contributed by atoms with Gasteiger partial charge in [-0.05, 0) is 49.5 Å². The summed E-state index contributed by atoms with van der Waals surface area (Å²) in [6, 6.07) is 7.46. The molecule has 28 heavy (non-hydrogen) atoms. The van der Waals surface area contributed by atoms with Crippen LogP contribution in [-0.4, -0.2) is 45.2 Å². The molecule has 0 aliphatic rings. The van der Waals surface area contributed by atoms with Crippen molar-refractivity contribution in [2.24, 2.45) is 0 Å². The van der Waals surface area contributed by atoms with Crippen molar-refractivity contribution in [3.63, 3.8) is 0 Å². The van der Waals surface area contributed by atoms with E-state index in [4.69, 9.17) is 4.74 Å². The smallest absolute Gasteiger partial charge is 0.291 e. The Morgan fingerprint density at radius 3 is 2.86 bits per heavy atom. The Balaban J connectivity index is 1.79. The predicted octanol–water partition coefficient (Wildman–Crippen LogP) is 2.62. The summed E-state index contributed by atoms with van der Waals surface area (Å²) >= 11 is 1.89. The number of thioether (sulfide) groups is 1. The van der Waals surface area contributed by atoms with Crippen LogP contribution in [-0.2, 0) is 11.3 Å². The minimum Gasteiger partial charge on any atom is -0.496 e. The average molecular weight is 403 g/mol. The lowest BCUT2D eigenvalue weighted by Crippen LogP contribution is -2.35. The van der Waals surface area contributed by atoms with E-state index in [9.17, 15) is 9.59 Å². The maximum absolute atomic E-state index is 12.9. The monoisotopic (exact) mass is 402 g/mol. The van der Waals surface area contributed by atoms with Gasteiger partial charge in [-0.25, -0.2) is 4.68 Å². The molecular formula is C20H26N4O3S. The third-order valence-corrected chi connectivity index (χ3v) is 5.77. The van der Waals surface area contributed by atoms with Gasteiger partial charge in [-0.15, -0.1) is 0 Å². The lowest BCUT2D eigenvalue weighted by molar-refractivity contribution is -0.121. The van der Waals surface area contributed by atoms with Gasteiger partial charge in [0.2, 0.25) is 5.91 Å². The van der Waals surface area contributed by atoms with E-state index in [0.29, 0.717) is 23.6 Å². The van der Waals surface area contributed by atoms with Crippen molar-refractivity contribution in [3.8, 4) is 5.75 Å². The summed E-state index contributed by atoms with van der Waals surface area (Å²) < 4.78 is 8.44. The highest BCUT2D eigenvalue weighted by atomic mass is 32.2. The first-order valence-electron chi connectivity index (χ1n) is 9.47. The molecular weight excluding hydrogens is 376 g/mol. The summed E-state index contributed by atoms with van der Waals surface area (Å²) in [5.41, 5.74) is 1.05. The van der Waals surface area contributed by atoms with E-state index in [2.05, 4.69) is 17.3 Å². The highest BCUT2D eigenvalue weighted by Crippen LogP contribution is 2.28. The number of carbonyl (C=O) groups excluding carboxylic acids is 1. The molecule has 0 saturated carbocycles. The SMILES string of the molecule is CCCSCCCNC(=O)Cn1nc(C)n2c(cc3c(OC)cccc32)c1=O. The zero-order valence-electron chi connectivity index (χ0n) is 16.5. The Kier molecular flexibility index (Phi) is 6.61. The number of nitrogens with one attached hydrogen (secondary N) is 1. The first-order valence-corrected chi connectivity index (χ1v) is 10.6. The van der Waals surface area contributed by atoms with Crippen LogP contribution in [0, 0.1) is 6.92 Å². The molecule has 3 rings (SSSR count). The largest absolute Gasteiger partial charge is 0.496 e. The highest BCUT2D eigenvalue weighted by Gasteiger charge is 2.15. The number of carbonyl (C=O) groups is 1. The summed E-state index contributed by atoms with van der Waals surface area (Å²) in [4.78, 5) is 25.1. The minimum atomic E-state index is -0.294. The highest BCUT2D eigenvalue weighted by molar-refractivity contribution is 7.99. The maximum atomic E-state index is 12.9. The van der Waals surface area contributed by atoms with Gasteiger partial charge in [0.1, 0.15) is 23.6 Å². The number of ether oxygens (including phenoxy) is 1. The molecule has 3 aromatic rings. The Hall–Kier alpha value is -2.48. The number of hydrogen-bond donors (Lipinski definition) is 1. The third kappa shape index (κ3) is 4.16. The standard InChI is InChI=1S/C20H26N4O3S/c1-4-10-28-11-6-9-21-19(25)13-23-20(26)17-12-15-16(24(17)14(2)22-23)7-5-8-18(15)27-3/h5,7-8,12H,4,6,9-11,13H2,1-3H3,(H,21,25). The molecule has 0 fully saturated rings. The first kappa shape index (κ1) is 20.3. The molecule has 8 heteroatoms. The summed E-state index contributed by atoms with van der Waals surface area (Å²) in [5, 5.41) is 8.06. The summed E-state index contributed by atoms with van der Waals surface area (Å²) in [6.45, 7) is 4.50. The van der Waals surface area contributed by atoms with Gasteiger partial charge in [0.15, 0.2) is 0 Å². The predicted molar refractivity (Wildman–Crippen MR) is 113 cm³/mol. The van der Waals surface area contributed by atoms with Crippen LogP contribution < -0.4 is 15.6 Å². The van der Waals surface area contributed by atoms with Crippen LogP contribution in [0.15, 0.2) is 29.1 Å². The zero-order valence-corrected chi connectivity index (χ0v) is 17.3. The van der Waals surface area contributed by atoms with Crippen molar-refractivity contribution in [1.82, 2.24) is 19.5 Å². The van der Waals surface area contributed by atoms with E-state index >= 15 is 0 Å². The molecule has 150 valence electrons. The van der Waals surface area contributed by atoms with Crippen molar-refractivity contribution in [1.29, 1.82) is 0 Å². The fourth-order valence-electron chi connectivity index (χ4n) is 3.23. The van der Waals surface area contributed by atoms with Crippen LogP contribution in [0.1, 0.15) is 25.6 Å². The molecule has 0 aliphatic heterocycles. The quantitative estimate of drug-likeness (QED) is 0.557. The number of aromatic nitrogens is 3. The van der Waals surface area contributed by atoms with Crippen molar-refractivity contribution >= 4 is 34.1 Å². The molecule has 0 aliphatic carbocycles. The molecule has 1 aromatic carbocycles. The molecule has 0 unspecified atom stereocenters. The van der Waals surface area contributed by atoms with Gasteiger partial charge in [-0.3, -0.25) is 14.0 Å². The number of nitrogens with zero attached hydrogens (tertiary/aromatic N) is 3. The molecule has 0 atom stereocenters. The number of methoxy groups -OCH3 is 1. The molecule has 2 heterocycles. The average Bonchev–Trinajstić information content (AvgIpc) is 3.09. The van der Waals surface area contributed by atoms with Gasteiger partial charge in [0, 0.05) is 11.9 Å². The van der Waals surface area contributed by atoms with Crippen LogP contribution in [0.3, 0.4) is 0 Å². The van der Waals surface area contributed by atoms with E-state index in [1.54, 1.807) is 17.6 Å². The van der Waals surface area contributed by atoms with Gasteiger partial charge in [-0.1, -0.05) is 13.0 Å². The van der Waals surface area contributed by atoms with Crippen molar-refractivity contribution in [2.45, 2.75) is 33.2 Å². The second kappa shape index (κ2) is 9.14. The molecule has 2 aromatic heterocycles. The molecule has 0 radical (unpaired) electrons. The summed E-state index contributed by atoms with van der Waals surface area (Å²) in [5.74, 6) is 3.30. The van der Waals surface area contributed by atoms with E-state index in [0.717, 1.165) is 35.3 Å². The normalized spacial score (nSPS) is 11.2. The third-order valence-electron chi connectivity index (χ3n) is 4.50. The number of rotatable bonds is 9. The number of amides is 1. The Morgan fingerprint density at radius 1 is 1.29 bits per heavy atom. The lowest BCUT2D eigenvalue weighted by atomic mass is 10.2. The van der Waals surface area contributed by atoms with E-state index < -0.39 is 0 Å². The van der Waals surface area contributed by atoms with Gasteiger partial charge >= 0.3 is 0 Å². The zero-order chi connectivity index (χ0) is 20.1. The molecule has 0 saturated heterocycles. The maximum Gasteiger partial charge on any atom is 0.291 e. The Morgan fingerprint density at radius 2 is 2.11 bits per heavy atom. The minimum absolute atomic E-state index is 0.0864. The number of aryl methyl sites for hydroxylation is 1. The van der Waals surface area contributed by atoms with Gasteiger partial charge in [0.05, 0.1) is 12.6 Å². The lowest BCUT2D eigenvalue weighted by Gasteiger charge is -2.09. The van der Waals surface area contributed by atoms with Crippen LogP contribution in [0.2, 0.25) is 0 Å². The molecule has 0 spiro atoms. The number of fused-ring (bicyclic) bond motifs is 3.